The lowest BCUT2D eigenvalue weighted by atomic mass is 10.0. The summed E-state index contributed by atoms with van der Waals surface area (Å²) in [6, 6.07) is 25.3. The molecule has 0 fully saturated rings. The summed E-state index contributed by atoms with van der Waals surface area (Å²) in [6.07, 6.45) is 3.36. The Hall–Kier alpha value is -4.32. The van der Waals surface area contributed by atoms with Gasteiger partial charge in [0.15, 0.2) is 5.82 Å². The van der Waals surface area contributed by atoms with Crippen molar-refractivity contribution in [3.63, 3.8) is 0 Å². The molecule has 1 heterocycles. The minimum absolute atomic E-state index is 0.0148. The first-order valence-corrected chi connectivity index (χ1v) is 11.0. The molecular formula is C27H20N4O2. The average Bonchev–Trinajstić information content (AvgIpc) is 3.31. The number of rotatable bonds is 4. The number of nitrogens with zero attached hydrogens (tertiary/aromatic N) is 3. The van der Waals surface area contributed by atoms with E-state index in [9.17, 15) is 10.1 Å². The predicted molar refractivity (Wildman–Crippen MR) is 131 cm³/mol. The maximum atomic E-state index is 11.4. The van der Waals surface area contributed by atoms with Gasteiger partial charge in [0.25, 0.3) is 5.69 Å². The van der Waals surface area contributed by atoms with Crippen molar-refractivity contribution >= 4 is 38.9 Å². The van der Waals surface area contributed by atoms with Gasteiger partial charge in [-0.15, -0.1) is 0 Å². The molecule has 6 rings (SSSR count). The van der Waals surface area contributed by atoms with E-state index in [2.05, 4.69) is 35.6 Å². The van der Waals surface area contributed by atoms with Crippen LogP contribution >= 0.6 is 0 Å². The number of non-ortho nitro benzene ring substituents is 1. The number of hydrogen-bond acceptors (Lipinski definition) is 5. The molecule has 33 heavy (non-hydrogen) atoms. The lowest BCUT2D eigenvalue weighted by Crippen LogP contribution is -2.01. The third-order valence-electron chi connectivity index (χ3n) is 6.28. The standard InChI is InChI=1S/C27H20N4O2/c32-31(33)21-13-14-25-24(16-21)27(28-20-12-11-17-6-3-8-19(17)15-20)30-26(29-25)23-10-4-7-18-5-1-2-9-22(18)23/h1-2,4-5,7,9-16H,3,6,8H2,(H,28,29,30). The van der Waals surface area contributed by atoms with Crippen molar-refractivity contribution in [3.05, 3.63) is 100 Å². The predicted octanol–water partition coefficient (Wildman–Crippen LogP) is 6.59. The smallest absolute Gasteiger partial charge is 0.270 e. The van der Waals surface area contributed by atoms with Gasteiger partial charge >= 0.3 is 0 Å². The first kappa shape index (κ1) is 19.4. The van der Waals surface area contributed by atoms with Gasteiger partial charge in [-0.2, -0.15) is 0 Å². The molecule has 0 unspecified atom stereocenters. The summed E-state index contributed by atoms with van der Waals surface area (Å²) >= 11 is 0. The van der Waals surface area contributed by atoms with Gasteiger partial charge in [0.05, 0.1) is 10.4 Å². The second-order valence-corrected chi connectivity index (χ2v) is 8.34. The zero-order chi connectivity index (χ0) is 22.4. The van der Waals surface area contributed by atoms with Crippen LogP contribution in [0.15, 0.2) is 78.9 Å². The van der Waals surface area contributed by atoms with Crippen LogP contribution in [0.3, 0.4) is 0 Å². The molecule has 0 atom stereocenters. The van der Waals surface area contributed by atoms with Crippen LogP contribution in [0, 0.1) is 10.1 Å². The number of nitro groups is 1. The number of benzene rings is 4. The molecule has 6 heteroatoms. The maximum absolute atomic E-state index is 11.4. The summed E-state index contributed by atoms with van der Waals surface area (Å²) in [5.41, 5.74) is 5.25. The Morgan fingerprint density at radius 3 is 2.58 bits per heavy atom. The highest BCUT2D eigenvalue weighted by Gasteiger charge is 2.17. The Morgan fingerprint density at radius 1 is 0.818 bits per heavy atom. The number of hydrogen-bond donors (Lipinski definition) is 1. The van der Waals surface area contributed by atoms with Crippen molar-refractivity contribution in [2.75, 3.05) is 5.32 Å². The Bertz CT molecular complexity index is 1560. The summed E-state index contributed by atoms with van der Waals surface area (Å²) in [4.78, 5) is 20.7. The third-order valence-corrected chi connectivity index (χ3v) is 6.28. The highest BCUT2D eigenvalue weighted by molar-refractivity contribution is 5.98. The van der Waals surface area contributed by atoms with Crippen LogP contribution in [0.2, 0.25) is 0 Å². The van der Waals surface area contributed by atoms with Crippen LogP contribution in [0.5, 0.6) is 0 Å². The van der Waals surface area contributed by atoms with E-state index in [0.29, 0.717) is 22.5 Å². The molecule has 1 aliphatic rings. The molecule has 0 aliphatic heterocycles. The summed E-state index contributed by atoms with van der Waals surface area (Å²) in [6.45, 7) is 0. The average molecular weight is 432 g/mol. The van der Waals surface area contributed by atoms with Gasteiger partial charge in [0.2, 0.25) is 0 Å². The number of nitro benzene ring substituents is 1. The second-order valence-electron chi connectivity index (χ2n) is 8.34. The molecule has 0 amide bonds. The van der Waals surface area contributed by atoms with E-state index in [1.165, 1.54) is 29.7 Å². The van der Waals surface area contributed by atoms with Crippen molar-refractivity contribution in [1.29, 1.82) is 0 Å². The fraction of sp³-hybridized carbons (Fsp3) is 0.111. The summed E-state index contributed by atoms with van der Waals surface area (Å²) < 4.78 is 0. The van der Waals surface area contributed by atoms with Crippen molar-refractivity contribution in [1.82, 2.24) is 9.97 Å². The zero-order valence-electron chi connectivity index (χ0n) is 17.8. The van der Waals surface area contributed by atoms with Crippen LogP contribution in [-0.4, -0.2) is 14.9 Å². The molecule has 0 saturated carbocycles. The largest absolute Gasteiger partial charge is 0.340 e. The van der Waals surface area contributed by atoms with Gasteiger partial charge in [-0.3, -0.25) is 10.1 Å². The van der Waals surface area contributed by atoms with Gasteiger partial charge in [0.1, 0.15) is 5.82 Å². The molecule has 1 N–H and O–H groups in total. The van der Waals surface area contributed by atoms with Crippen molar-refractivity contribution < 1.29 is 4.92 Å². The molecule has 1 aromatic heterocycles. The Morgan fingerprint density at radius 2 is 1.67 bits per heavy atom. The maximum Gasteiger partial charge on any atom is 0.270 e. The molecule has 1 aliphatic carbocycles. The highest BCUT2D eigenvalue weighted by atomic mass is 16.6. The normalized spacial score (nSPS) is 12.7. The zero-order valence-corrected chi connectivity index (χ0v) is 17.8. The molecule has 0 spiro atoms. The van der Waals surface area contributed by atoms with Gasteiger partial charge < -0.3 is 5.32 Å². The topological polar surface area (TPSA) is 81.0 Å². The first-order valence-electron chi connectivity index (χ1n) is 11.0. The van der Waals surface area contributed by atoms with Crippen LogP contribution < -0.4 is 5.32 Å². The summed E-state index contributed by atoms with van der Waals surface area (Å²) in [5.74, 6) is 1.14. The third kappa shape index (κ3) is 3.46. The fourth-order valence-corrected chi connectivity index (χ4v) is 4.65. The van der Waals surface area contributed by atoms with Crippen molar-refractivity contribution in [2.24, 2.45) is 0 Å². The number of aromatic nitrogens is 2. The highest BCUT2D eigenvalue weighted by Crippen LogP contribution is 2.33. The Kier molecular flexibility index (Phi) is 4.50. The number of nitrogens with one attached hydrogen (secondary N) is 1. The quantitative estimate of drug-likeness (QED) is 0.256. The van der Waals surface area contributed by atoms with Crippen LogP contribution in [0.1, 0.15) is 17.5 Å². The van der Waals surface area contributed by atoms with E-state index in [1.54, 1.807) is 6.07 Å². The van der Waals surface area contributed by atoms with E-state index >= 15 is 0 Å². The van der Waals surface area contributed by atoms with E-state index in [-0.39, 0.29) is 5.69 Å². The summed E-state index contributed by atoms with van der Waals surface area (Å²) in [7, 11) is 0. The van der Waals surface area contributed by atoms with E-state index < -0.39 is 4.92 Å². The molecule has 0 radical (unpaired) electrons. The molecule has 5 aromatic rings. The minimum atomic E-state index is -0.392. The SMILES string of the molecule is O=[N+]([O-])c1ccc2nc(-c3cccc4ccccc34)nc(Nc3ccc4c(c3)CCC4)c2c1. The molecule has 4 aromatic carbocycles. The number of fused-ring (bicyclic) bond motifs is 3. The second kappa shape index (κ2) is 7.67. The van der Waals surface area contributed by atoms with Crippen LogP contribution in [0.25, 0.3) is 33.1 Å². The van der Waals surface area contributed by atoms with E-state index in [4.69, 9.17) is 9.97 Å². The van der Waals surface area contributed by atoms with Gasteiger partial charge in [-0.05, 0) is 59.4 Å². The monoisotopic (exact) mass is 432 g/mol. The molecule has 6 nitrogen and oxygen atoms in total. The number of aryl methyl sites for hydroxylation is 2. The van der Waals surface area contributed by atoms with E-state index in [0.717, 1.165) is 34.9 Å². The van der Waals surface area contributed by atoms with Gasteiger partial charge in [-0.1, -0.05) is 48.5 Å². The van der Waals surface area contributed by atoms with Crippen LogP contribution in [0.4, 0.5) is 17.2 Å². The summed E-state index contributed by atoms with van der Waals surface area (Å²) in [5, 5.41) is 17.6. The lowest BCUT2D eigenvalue weighted by molar-refractivity contribution is -0.384. The minimum Gasteiger partial charge on any atom is -0.340 e. The Balaban J connectivity index is 1.55. The number of anilines is 2. The van der Waals surface area contributed by atoms with Crippen LogP contribution in [-0.2, 0) is 12.8 Å². The molecule has 160 valence electrons. The molecule has 0 bridgehead atoms. The van der Waals surface area contributed by atoms with Gasteiger partial charge in [-0.25, -0.2) is 9.97 Å². The van der Waals surface area contributed by atoms with Crippen molar-refractivity contribution in [3.8, 4) is 11.4 Å². The lowest BCUT2D eigenvalue weighted by Gasteiger charge is -2.13. The molecule has 0 saturated heterocycles. The van der Waals surface area contributed by atoms with E-state index in [1.807, 2.05) is 30.3 Å². The van der Waals surface area contributed by atoms with Gasteiger partial charge in [0, 0.05) is 28.8 Å². The first-order chi connectivity index (χ1) is 16.2. The molecular weight excluding hydrogens is 412 g/mol. The Labute approximate surface area is 190 Å². The van der Waals surface area contributed by atoms with Crippen molar-refractivity contribution in [2.45, 2.75) is 19.3 Å². The fourth-order valence-electron chi connectivity index (χ4n) is 4.65.